The quantitative estimate of drug-likeness (QED) is 0.865. The van der Waals surface area contributed by atoms with Crippen LogP contribution in [0.2, 0.25) is 0 Å². The van der Waals surface area contributed by atoms with Crippen molar-refractivity contribution in [2.24, 2.45) is 0 Å². The summed E-state index contributed by atoms with van der Waals surface area (Å²) in [6.45, 7) is 1.04. The van der Waals surface area contributed by atoms with Gasteiger partial charge >= 0.3 is 6.03 Å². The maximum absolute atomic E-state index is 12.6. The van der Waals surface area contributed by atoms with Gasteiger partial charge in [0.05, 0.1) is 14.2 Å². The lowest BCUT2D eigenvalue weighted by Gasteiger charge is -2.18. The number of carbonyl (C=O) groups excluding carboxylic acids is 2. The van der Waals surface area contributed by atoms with Gasteiger partial charge in [0.15, 0.2) is 0 Å². The summed E-state index contributed by atoms with van der Waals surface area (Å²) in [7, 11) is 3.16. The normalized spacial score (nSPS) is 13.7. The van der Waals surface area contributed by atoms with Crippen LogP contribution in [0.3, 0.4) is 0 Å². The molecule has 3 rings (SSSR count). The fraction of sp³-hybridized carbons (Fsp3) is 0.263. The molecule has 2 aromatic carbocycles. The molecule has 0 aromatic heterocycles. The number of rotatable bonds is 6. The minimum Gasteiger partial charge on any atom is -0.497 e. The standard InChI is InChI=1S/C19H21N3O4/c1-25-16-8-6-15(7-9-16)22-11-10-21(19(22)24)13-18(23)20-14-4-3-5-17(12-14)26-2/h3-9,12H,10-11,13H2,1-2H3,(H,20,23). The Morgan fingerprint density at radius 3 is 2.46 bits per heavy atom. The van der Waals surface area contributed by atoms with Gasteiger partial charge in [0.25, 0.3) is 0 Å². The van der Waals surface area contributed by atoms with Gasteiger partial charge in [-0.25, -0.2) is 4.79 Å². The minimum absolute atomic E-state index is 0.00268. The van der Waals surface area contributed by atoms with Crippen LogP contribution in [0.15, 0.2) is 48.5 Å². The second-order valence-corrected chi connectivity index (χ2v) is 5.83. The van der Waals surface area contributed by atoms with Crippen LogP contribution < -0.4 is 19.7 Å². The van der Waals surface area contributed by atoms with Crippen LogP contribution in [0.5, 0.6) is 11.5 Å². The molecular formula is C19H21N3O4. The molecule has 3 amide bonds. The molecule has 1 fully saturated rings. The highest BCUT2D eigenvalue weighted by Crippen LogP contribution is 2.23. The van der Waals surface area contributed by atoms with E-state index in [0.717, 1.165) is 11.4 Å². The van der Waals surface area contributed by atoms with Gasteiger partial charge in [-0.1, -0.05) is 6.07 Å². The topological polar surface area (TPSA) is 71.1 Å². The van der Waals surface area contributed by atoms with Gasteiger partial charge in [-0.3, -0.25) is 9.69 Å². The number of methoxy groups -OCH3 is 2. The molecule has 26 heavy (non-hydrogen) atoms. The van der Waals surface area contributed by atoms with Gasteiger partial charge in [0.1, 0.15) is 18.0 Å². The Hall–Kier alpha value is -3.22. The average molecular weight is 355 g/mol. The number of amides is 3. The summed E-state index contributed by atoms with van der Waals surface area (Å²) < 4.78 is 10.3. The van der Waals surface area contributed by atoms with E-state index in [9.17, 15) is 9.59 Å². The Morgan fingerprint density at radius 1 is 1.04 bits per heavy atom. The number of carbonyl (C=O) groups is 2. The molecule has 136 valence electrons. The van der Waals surface area contributed by atoms with Crippen LogP contribution in [0.1, 0.15) is 0 Å². The molecule has 0 radical (unpaired) electrons. The van der Waals surface area contributed by atoms with E-state index in [1.165, 1.54) is 4.90 Å². The van der Waals surface area contributed by atoms with Crippen molar-refractivity contribution in [3.8, 4) is 11.5 Å². The molecule has 0 bridgehead atoms. The number of urea groups is 1. The maximum atomic E-state index is 12.6. The Kier molecular flexibility index (Phi) is 5.26. The molecule has 0 aliphatic carbocycles. The summed E-state index contributed by atoms with van der Waals surface area (Å²) in [5, 5.41) is 2.79. The summed E-state index contributed by atoms with van der Waals surface area (Å²) in [6.07, 6.45) is 0. The number of ether oxygens (including phenoxy) is 2. The van der Waals surface area contributed by atoms with Crippen molar-refractivity contribution in [3.63, 3.8) is 0 Å². The zero-order valence-electron chi connectivity index (χ0n) is 14.8. The highest BCUT2D eigenvalue weighted by Gasteiger charge is 2.30. The monoisotopic (exact) mass is 355 g/mol. The molecular weight excluding hydrogens is 334 g/mol. The van der Waals surface area contributed by atoms with Gasteiger partial charge in [-0.2, -0.15) is 0 Å². The zero-order chi connectivity index (χ0) is 18.5. The first-order valence-corrected chi connectivity index (χ1v) is 8.25. The molecule has 0 saturated carbocycles. The number of hydrogen-bond donors (Lipinski definition) is 1. The minimum atomic E-state index is -0.247. The highest BCUT2D eigenvalue weighted by molar-refractivity contribution is 5.99. The van der Waals surface area contributed by atoms with Crippen molar-refractivity contribution < 1.29 is 19.1 Å². The van der Waals surface area contributed by atoms with Gasteiger partial charge in [0.2, 0.25) is 5.91 Å². The lowest BCUT2D eigenvalue weighted by atomic mass is 10.3. The van der Waals surface area contributed by atoms with Gasteiger partial charge in [-0.15, -0.1) is 0 Å². The predicted molar refractivity (Wildman–Crippen MR) is 98.9 cm³/mol. The molecule has 1 aliphatic heterocycles. The van der Waals surface area contributed by atoms with Crippen LogP contribution in [-0.2, 0) is 4.79 Å². The van der Waals surface area contributed by atoms with Gasteiger partial charge in [0, 0.05) is 30.5 Å². The molecule has 7 nitrogen and oxygen atoms in total. The van der Waals surface area contributed by atoms with Crippen molar-refractivity contribution in [2.75, 3.05) is 44.1 Å². The molecule has 7 heteroatoms. The third-order valence-corrected chi connectivity index (χ3v) is 4.17. The average Bonchev–Trinajstić information content (AvgIpc) is 3.02. The number of benzene rings is 2. The van der Waals surface area contributed by atoms with Crippen LogP contribution in [-0.4, -0.2) is 50.7 Å². The van der Waals surface area contributed by atoms with Crippen LogP contribution >= 0.6 is 0 Å². The van der Waals surface area contributed by atoms with Crippen molar-refractivity contribution in [1.82, 2.24) is 4.90 Å². The van der Waals surface area contributed by atoms with Crippen molar-refractivity contribution in [2.45, 2.75) is 0 Å². The molecule has 2 aromatic rings. The Labute approximate surface area is 152 Å². The molecule has 0 unspecified atom stereocenters. The SMILES string of the molecule is COc1ccc(N2CCN(CC(=O)Nc3cccc(OC)c3)C2=O)cc1. The zero-order valence-corrected chi connectivity index (χ0v) is 14.8. The van der Waals surface area contributed by atoms with Crippen molar-refractivity contribution in [3.05, 3.63) is 48.5 Å². The van der Waals surface area contributed by atoms with E-state index in [1.807, 2.05) is 12.1 Å². The number of anilines is 2. The first kappa shape index (κ1) is 17.6. The molecule has 1 heterocycles. The summed E-state index contributed by atoms with van der Waals surface area (Å²) in [6, 6.07) is 14.2. The molecule has 0 spiro atoms. The van der Waals surface area contributed by atoms with Crippen molar-refractivity contribution >= 4 is 23.3 Å². The fourth-order valence-corrected chi connectivity index (χ4v) is 2.81. The van der Waals surface area contributed by atoms with Crippen molar-refractivity contribution in [1.29, 1.82) is 0 Å². The Bertz CT molecular complexity index is 792. The third-order valence-electron chi connectivity index (χ3n) is 4.17. The number of nitrogens with zero attached hydrogens (tertiary/aromatic N) is 2. The van der Waals surface area contributed by atoms with Crippen LogP contribution in [0.4, 0.5) is 16.2 Å². The first-order valence-electron chi connectivity index (χ1n) is 8.25. The van der Waals surface area contributed by atoms with Gasteiger partial charge in [-0.05, 0) is 36.4 Å². The largest absolute Gasteiger partial charge is 0.497 e. The van der Waals surface area contributed by atoms with E-state index >= 15 is 0 Å². The molecule has 1 saturated heterocycles. The second kappa shape index (κ2) is 7.77. The molecule has 1 aliphatic rings. The smallest absolute Gasteiger partial charge is 0.325 e. The Morgan fingerprint density at radius 2 is 1.77 bits per heavy atom. The Balaban J connectivity index is 1.60. The fourth-order valence-electron chi connectivity index (χ4n) is 2.81. The van der Waals surface area contributed by atoms with Crippen LogP contribution in [0, 0.1) is 0 Å². The highest BCUT2D eigenvalue weighted by atomic mass is 16.5. The summed E-state index contributed by atoms with van der Waals surface area (Å²) in [4.78, 5) is 28.0. The van der Waals surface area contributed by atoms with E-state index in [-0.39, 0.29) is 18.5 Å². The van der Waals surface area contributed by atoms with Gasteiger partial charge < -0.3 is 19.7 Å². The van der Waals surface area contributed by atoms with E-state index < -0.39 is 0 Å². The lowest BCUT2D eigenvalue weighted by molar-refractivity contribution is -0.116. The van der Waals surface area contributed by atoms with E-state index in [2.05, 4.69) is 5.32 Å². The van der Waals surface area contributed by atoms with E-state index in [4.69, 9.17) is 9.47 Å². The van der Waals surface area contributed by atoms with E-state index in [0.29, 0.717) is 24.5 Å². The van der Waals surface area contributed by atoms with Crippen LogP contribution in [0.25, 0.3) is 0 Å². The number of hydrogen-bond acceptors (Lipinski definition) is 4. The predicted octanol–water partition coefficient (Wildman–Crippen LogP) is 2.58. The second-order valence-electron chi connectivity index (χ2n) is 5.83. The summed E-state index contributed by atoms with van der Waals surface area (Å²) in [5.41, 5.74) is 1.42. The lowest BCUT2D eigenvalue weighted by Crippen LogP contribution is -2.37. The third kappa shape index (κ3) is 3.88. The molecule has 0 atom stereocenters. The maximum Gasteiger partial charge on any atom is 0.325 e. The van der Waals surface area contributed by atoms with E-state index in [1.54, 1.807) is 55.5 Å². The summed E-state index contributed by atoms with van der Waals surface area (Å²) >= 11 is 0. The molecule has 1 N–H and O–H groups in total. The first-order chi connectivity index (χ1) is 12.6. The number of nitrogens with one attached hydrogen (secondary N) is 1. The summed E-state index contributed by atoms with van der Waals surface area (Å²) in [5.74, 6) is 1.14.